The van der Waals surface area contributed by atoms with Gasteiger partial charge in [0.15, 0.2) is 0 Å². The van der Waals surface area contributed by atoms with Crippen LogP contribution in [0, 0.1) is 0 Å². The Hall–Kier alpha value is -1.06. The third-order valence-corrected chi connectivity index (χ3v) is 2.71. The molecule has 2 aromatic heterocycles. The van der Waals surface area contributed by atoms with Crippen LogP contribution in [0.15, 0.2) is 52.6 Å². The second kappa shape index (κ2) is 4.44. The zero-order chi connectivity index (χ0) is 9.80. The lowest BCUT2D eigenvalue weighted by atomic mass is 10.5. The van der Waals surface area contributed by atoms with Gasteiger partial charge in [0.25, 0.3) is 0 Å². The Morgan fingerprint density at radius 2 is 2.00 bits per heavy atom. The van der Waals surface area contributed by atoms with Crippen molar-refractivity contribution >= 4 is 23.4 Å². The van der Waals surface area contributed by atoms with Gasteiger partial charge in [-0.25, -0.2) is 9.97 Å². The molecule has 0 unspecified atom stereocenters. The van der Waals surface area contributed by atoms with Crippen LogP contribution in [0.4, 0.5) is 0 Å². The Kier molecular flexibility index (Phi) is 3.01. The van der Waals surface area contributed by atoms with Gasteiger partial charge in [-0.15, -0.1) is 0 Å². The fourth-order valence-corrected chi connectivity index (χ4v) is 2.02. The number of hydrogen-bond acceptors (Lipinski definition) is 3. The Bertz CT molecular complexity index is 419. The molecule has 2 rings (SSSR count). The van der Waals surface area contributed by atoms with Crippen molar-refractivity contribution in [3.63, 3.8) is 0 Å². The lowest BCUT2D eigenvalue weighted by Crippen LogP contribution is -1.79. The van der Waals surface area contributed by atoms with Crippen LogP contribution in [0.2, 0.25) is 5.15 Å². The lowest BCUT2D eigenvalue weighted by Gasteiger charge is -1.99. The van der Waals surface area contributed by atoms with Crippen molar-refractivity contribution in [2.45, 2.75) is 9.92 Å². The van der Waals surface area contributed by atoms with Crippen LogP contribution >= 0.6 is 23.4 Å². The Morgan fingerprint density at radius 3 is 2.71 bits per heavy atom. The van der Waals surface area contributed by atoms with Gasteiger partial charge in [-0.1, -0.05) is 29.4 Å². The van der Waals surface area contributed by atoms with Crippen LogP contribution in [0.1, 0.15) is 0 Å². The Balaban J connectivity index is 2.19. The summed E-state index contributed by atoms with van der Waals surface area (Å²) in [5, 5.41) is 1.46. The molecule has 2 aromatic rings. The van der Waals surface area contributed by atoms with Gasteiger partial charge in [-0.2, -0.15) is 0 Å². The van der Waals surface area contributed by atoms with E-state index in [0.29, 0.717) is 5.15 Å². The molecule has 0 atom stereocenters. The van der Waals surface area contributed by atoms with Crippen molar-refractivity contribution in [3.05, 3.63) is 47.9 Å². The van der Waals surface area contributed by atoms with E-state index >= 15 is 0 Å². The van der Waals surface area contributed by atoms with Crippen molar-refractivity contribution in [1.29, 1.82) is 0 Å². The van der Waals surface area contributed by atoms with Gasteiger partial charge >= 0.3 is 0 Å². The molecule has 0 fully saturated rings. The molecule has 70 valence electrons. The highest BCUT2D eigenvalue weighted by Gasteiger charge is 1.98. The summed E-state index contributed by atoms with van der Waals surface area (Å²) >= 11 is 7.33. The second-order valence-corrected chi connectivity index (χ2v) is 4.07. The molecule has 0 aliphatic heterocycles. The minimum absolute atomic E-state index is 0.505. The third kappa shape index (κ3) is 2.47. The molecule has 0 aliphatic rings. The molecule has 0 aromatic carbocycles. The summed E-state index contributed by atoms with van der Waals surface area (Å²) in [6.45, 7) is 0. The first-order valence-electron chi connectivity index (χ1n) is 4.05. The van der Waals surface area contributed by atoms with Crippen LogP contribution in [0.25, 0.3) is 0 Å². The van der Waals surface area contributed by atoms with Gasteiger partial charge in [0.05, 0.1) is 0 Å². The SMILES string of the molecule is Clc1cc(Sc2ccccn2)ccn1. The first-order valence-corrected chi connectivity index (χ1v) is 5.24. The van der Waals surface area contributed by atoms with E-state index < -0.39 is 0 Å². The van der Waals surface area contributed by atoms with E-state index in [1.807, 2.05) is 30.3 Å². The summed E-state index contributed by atoms with van der Waals surface area (Å²) in [6, 6.07) is 9.53. The van der Waals surface area contributed by atoms with Crippen LogP contribution in [-0.4, -0.2) is 9.97 Å². The maximum Gasteiger partial charge on any atom is 0.130 e. The Labute approximate surface area is 91.4 Å². The number of nitrogens with zero attached hydrogens (tertiary/aromatic N) is 2. The van der Waals surface area contributed by atoms with Crippen LogP contribution in [-0.2, 0) is 0 Å². The summed E-state index contributed by atoms with van der Waals surface area (Å²) in [4.78, 5) is 9.16. The zero-order valence-corrected chi connectivity index (χ0v) is 8.79. The van der Waals surface area contributed by atoms with E-state index in [1.165, 1.54) is 0 Å². The summed E-state index contributed by atoms with van der Waals surface area (Å²) in [6.07, 6.45) is 3.46. The number of rotatable bonds is 2. The molecular formula is C10H7ClN2S. The van der Waals surface area contributed by atoms with Gasteiger partial charge in [0.1, 0.15) is 10.2 Å². The molecule has 2 heterocycles. The van der Waals surface area contributed by atoms with E-state index in [1.54, 1.807) is 24.2 Å². The Morgan fingerprint density at radius 1 is 1.07 bits per heavy atom. The summed E-state index contributed by atoms with van der Waals surface area (Å²) in [5.74, 6) is 0. The van der Waals surface area contributed by atoms with Crippen molar-refractivity contribution < 1.29 is 0 Å². The van der Waals surface area contributed by atoms with Crippen molar-refractivity contribution in [2.75, 3.05) is 0 Å². The number of hydrogen-bond donors (Lipinski definition) is 0. The molecular weight excluding hydrogens is 216 g/mol. The maximum atomic E-state index is 5.77. The highest BCUT2D eigenvalue weighted by molar-refractivity contribution is 7.99. The molecule has 4 heteroatoms. The van der Waals surface area contributed by atoms with Crippen molar-refractivity contribution in [1.82, 2.24) is 9.97 Å². The molecule has 0 N–H and O–H groups in total. The molecule has 0 amide bonds. The predicted molar refractivity (Wildman–Crippen MR) is 57.6 cm³/mol. The van der Waals surface area contributed by atoms with Gasteiger partial charge in [0, 0.05) is 17.3 Å². The molecule has 0 saturated heterocycles. The van der Waals surface area contributed by atoms with Crippen LogP contribution < -0.4 is 0 Å². The molecule has 0 aliphatic carbocycles. The number of pyridine rings is 2. The van der Waals surface area contributed by atoms with Crippen molar-refractivity contribution in [2.24, 2.45) is 0 Å². The monoisotopic (exact) mass is 222 g/mol. The standard InChI is InChI=1S/C10H7ClN2S/c11-9-7-8(4-6-12-9)14-10-3-1-2-5-13-10/h1-7H. The van der Waals surface area contributed by atoms with Gasteiger partial charge < -0.3 is 0 Å². The normalized spacial score (nSPS) is 10.1. The first-order chi connectivity index (χ1) is 6.84. The molecule has 0 spiro atoms. The minimum Gasteiger partial charge on any atom is -0.250 e. The second-order valence-electron chi connectivity index (χ2n) is 2.58. The quantitative estimate of drug-likeness (QED) is 0.730. The molecule has 0 bridgehead atoms. The molecule has 0 radical (unpaired) electrons. The molecule has 2 nitrogen and oxygen atoms in total. The highest BCUT2D eigenvalue weighted by Crippen LogP contribution is 2.26. The minimum atomic E-state index is 0.505. The van der Waals surface area contributed by atoms with Crippen molar-refractivity contribution in [3.8, 4) is 0 Å². The zero-order valence-electron chi connectivity index (χ0n) is 7.22. The summed E-state index contributed by atoms with van der Waals surface area (Å²) in [7, 11) is 0. The van der Waals surface area contributed by atoms with E-state index in [-0.39, 0.29) is 0 Å². The molecule has 0 saturated carbocycles. The molecule has 14 heavy (non-hydrogen) atoms. The summed E-state index contributed by atoms with van der Waals surface area (Å²) in [5.41, 5.74) is 0. The van der Waals surface area contributed by atoms with Crippen LogP contribution in [0.3, 0.4) is 0 Å². The maximum absolute atomic E-state index is 5.77. The fourth-order valence-electron chi connectivity index (χ4n) is 0.976. The number of aromatic nitrogens is 2. The topological polar surface area (TPSA) is 25.8 Å². The van der Waals surface area contributed by atoms with E-state index in [2.05, 4.69) is 9.97 Å². The third-order valence-electron chi connectivity index (χ3n) is 1.56. The largest absolute Gasteiger partial charge is 0.250 e. The van der Waals surface area contributed by atoms with E-state index in [4.69, 9.17) is 11.6 Å². The average molecular weight is 223 g/mol. The number of halogens is 1. The fraction of sp³-hybridized carbons (Fsp3) is 0. The lowest BCUT2D eigenvalue weighted by molar-refractivity contribution is 1.13. The predicted octanol–water partition coefficient (Wildman–Crippen LogP) is 3.28. The smallest absolute Gasteiger partial charge is 0.130 e. The highest BCUT2D eigenvalue weighted by atomic mass is 35.5. The van der Waals surface area contributed by atoms with Gasteiger partial charge in [-0.3, -0.25) is 0 Å². The first kappa shape index (κ1) is 9.49. The van der Waals surface area contributed by atoms with E-state index in [9.17, 15) is 0 Å². The average Bonchev–Trinajstić information content (AvgIpc) is 2.19. The summed E-state index contributed by atoms with van der Waals surface area (Å²) < 4.78 is 0. The van der Waals surface area contributed by atoms with Gasteiger partial charge in [0.2, 0.25) is 0 Å². The van der Waals surface area contributed by atoms with E-state index in [0.717, 1.165) is 9.92 Å². The van der Waals surface area contributed by atoms with Gasteiger partial charge in [-0.05, 0) is 24.3 Å². The van der Waals surface area contributed by atoms with Crippen LogP contribution in [0.5, 0.6) is 0 Å².